The van der Waals surface area contributed by atoms with Gasteiger partial charge in [-0.05, 0) is 25.1 Å². The molecule has 4 rings (SSSR count). The summed E-state index contributed by atoms with van der Waals surface area (Å²) in [5.74, 6) is 0.0900. The monoisotopic (exact) mass is 466 g/mol. The molecule has 1 atom stereocenters. The van der Waals surface area contributed by atoms with Crippen molar-refractivity contribution in [3.05, 3.63) is 57.7 Å². The first-order valence-electron chi connectivity index (χ1n) is 8.44. The largest absolute Gasteiger partial charge is 0.411 e. The number of nitrogens with zero attached hydrogens (tertiary/aromatic N) is 2. The maximum atomic E-state index is 12.5. The summed E-state index contributed by atoms with van der Waals surface area (Å²) in [6, 6.07) is 10.8. The molecule has 1 unspecified atom stereocenters. The number of benzene rings is 2. The van der Waals surface area contributed by atoms with Crippen LogP contribution >= 0.6 is 46.6 Å². The number of fused-ring (bicyclic) bond motifs is 1. The van der Waals surface area contributed by atoms with E-state index >= 15 is 0 Å². The zero-order valence-electron chi connectivity index (χ0n) is 14.9. The number of hydrogen-bond donors (Lipinski definition) is 2. The Kier molecular flexibility index (Phi) is 5.74. The predicted octanol–water partition coefficient (Wildman–Crippen LogP) is 6.30. The molecule has 0 aliphatic rings. The van der Waals surface area contributed by atoms with Gasteiger partial charge >= 0.3 is 0 Å². The zero-order chi connectivity index (χ0) is 20.5. The molecule has 2 N–H and O–H groups in total. The van der Waals surface area contributed by atoms with E-state index in [-0.39, 0.29) is 11.1 Å². The van der Waals surface area contributed by atoms with E-state index in [4.69, 9.17) is 39.2 Å². The lowest BCUT2D eigenvalue weighted by Gasteiger charge is -2.12. The highest BCUT2D eigenvalue weighted by atomic mass is 35.5. The van der Waals surface area contributed by atoms with Crippen molar-refractivity contribution in [1.82, 2.24) is 15.2 Å². The van der Waals surface area contributed by atoms with Crippen LogP contribution in [0.1, 0.15) is 6.92 Å². The van der Waals surface area contributed by atoms with Crippen molar-refractivity contribution in [2.45, 2.75) is 17.4 Å². The van der Waals surface area contributed by atoms with Gasteiger partial charge in [-0.2, -0.15) is 0 Å². The minimum absolute atomic E-state index is 0.285. The molecule has 2 aromatic carbocycles. The number of H-pyrrole nitrogens is 1. The third kappa shape index (κ3) is 4.23. The first-order chi connectivity index (χ1) is 13.9. The van der Waals surface area contributed by atoms with Gasteiger partial charge in [-0.15, -0.1) is 10.2 Å². The van der Waals surface area contributed by atoms with E-state index in [1.165, 1.54) is 12.1 Å². The number of nitrogens with one attached hydrogen (secondary N) is 2. The molecule has 0 spiro atoms. The molecule has 10 heteroatoms. The molecule has 2 aromatic heterocycles. The lowest BCUT2D eigenvalue weighted by atomic mass is 10.2. The first kappa shape index (κ1) is 20.1. The van der Waals surface area contributed by atoms with Gasteiger partial charge in [0.2, 0.25) is 5.91 Å². The van der Waals surface area contributed by atoms with Crippen LogP contribution in [0.5, 0.6) is 0 Å². The minimum Gasteiger partial charge on any atom is -0.411 e. The van der Waals surface area contributed by atoms with Gasteiger partial charge in [-0.1, -0.05) is 64.8 Å². The Hall–Kier alpha value is -2.19. The quantitative estimate of drug-likeness (QED) is 0.266. The number of amides is 1. The van der Waals surface area contributed by atoms with Gasteiger partial charge in [-0.25, -0.2) is 0 Å². The van der Waals surface area contributed by atoms with Crippen LogP contribution in [0.25, 0.3) is 22.4 Å². The Morgan fingerprint density at radius 1 is 1.14 bits per heavy atom. The van der Waals surface area contributed by atoms with Crippen molar-refractivity contribution >= 4 is 69.1 Å². The number of aromatic nitrogens is 3. The molecular formula is C19H13Cl3N4O2S. The number of thioether (sulfide) groups is 1. The molecule has 1 amide bonds. The van der Waals surface area contributed by atoms with Crippen molar-refractivity contribution in [2.75, 3.05) is 5.32 Å². The fourth-order valence-electron chi connectivity index (χ4n) is 2.67. The maximum absolute atomic E-state index is 12.5. The second-order valence-electron chi connectivity index (χ2n) is 6.12. The van der Waals surface area contributed by atoms with E-state index in [9.17, 15) is 4.79 Å². The van der Waals surface area contributed by atoms with Gasteiger partial charge in [0.15, 0.2) is 0 Å². The highest BCUT2D eigenvalue weighted by Crippen LogP contribution is 2.34. The Labute approximate surface area is 184 Å². The zero-order valence-corrected chi connectivity index (χ0v) is 18.0. The topological polar surface area (TPSA) is 83.8 Å². The fourth-order valence-corrected chi connectivity index (χ4v) is 3.95. The van der Waals surface area contributed by atoms with Crippen LogP contribution in [-0.4, -0.2) is 26.3 Å². The summed E-state index contributed by atoms with van der Waals surface area (Å²) in [6.45, 7) is 1.72. The fraction of sp³-hybridized carbons (Fsp3) is 0.105. The lowest BCUT2D eigenvalue weighted by molar-refractivity contribution is -0.115. The molecule has 148 valence electrons. The van der Waals surface area contributed by atoms with Crippen LogP contribution in [0.15, 0.2) is 52.2 Å². The molecule has 0 radical (unpaired) electrons. The van der Waals surface area contributed by atoms with Crippen molar-refractivity contribution < 1.29 is 9.21 Å². The van der Waals surface area contributed by atoms with Crippen LogP contribution in [-0.2, 0) is 4.79 Å². The van der Waals surface area contributed by atoms with Gasteiger partial charge in [0.1, 0.15) is 0 Å². The van der Waals surface area contributed by atoms with Gasteiger partial charge in [-0.3, -0.25) is 4.79 Å². The Morgan fingerprint density at radius 2 is 1.90 bits per heavy atom. The summed E-state index contributed by atoms with van der Waals surface area (Å²) in [5.41, 5.74) is 2.16. The second-order valence-corrected chi connectivity index (χ2v) is 8.63. The third-order valence-corrected chi connectivity index (χ3v) is 6.11. The van der Waals surface area contributed by atoms with E-state index in [2.05, 4.69) is 20.5 Å². The minimum atomic E-state index is -0.517. The van der Waals surface area contributed by atoms with Crippen LogP contribution < -0.4 is 5.32 Å². The van der Waals surface area contributed by atoms with Gasteiger partial charge in [0, 0.05) is 17.1 Å². The number of carbonyl (C=O) groups excluding carboxylic acids is 1. The summed E-state index contributed by atoms with van der Waals surface area (Å²) >= 11 is 19.2. The van der Waals surface area contributed by atoms with E-state index in [1.807, 2.05) is 30.5 Å². The standard InChI is InChI=1S/C19H13Cl3N4O2S/c1-9(17(27)24-16-7-13(21)12(20)6-14(16)22)29-19-26-25-18(28-19)11-8-23-15-5-3-2-4-10(11)15/h2-9,23H,1H3,(H,24,27). The Bertz CT molecular complexity index is 1210. The average molecular weight is 468 g/mol. The molecule has 4 aromatic rings. The molecule has 0 aliphatic carbocycles. The van der Waals surface area contributed by atoms with Crippen LogP contribution in [0, 0.1) is 0 Å². The summed E-state index contributed by atoms with van der Waals surface area (Å²) in [4.78, 5) is 15.7. The van der Waals surface area contributed by atoms with E-state index < -0.39 is 5.25 Å². The number of anilines is 1. The number of halogens is 3. The Balaban J connectivity index is 1.47. The molecule has 0 aliphatic heterocycles. The highest BCUT2D eigenvalue weighted by molar-refractivity contribution is 8.00. The molecule has 0 saturated carbocycles. The molecule has 6 nitrogen and oxygen atoms in total. The van der Waals surface area contributed by atoms with Crippen molar-refractivity contribution in [2.24, 2.45) is 0 Å². The second kappa shape index (κ2) is 8.28. The summed E-state index contributed by atoms with van der Waals surface area (Å²) in [5, 5.41) is 12.5. The molecular weight excluding hydrogens is 455 g/mol. The van der Waals surface area contributed by atoms with Crippen LogP contribution in [0.4, 0.5) is 5.69 Å². The van der Waals surface area contributed by atoms with E-state index in [1.54, 1.807) is 6.92 Å². The molecule has 2 heterocycles. The van der Waals surface area contributed by atoms with Gasteiger partial charge in [0.25, 0.3) is 11.1 Å². The molecule has 0 fully saturated rings. The SMILES string of the molecule is CC(Sc1nnc(-c2c[nH]c3ccccc23)o1)C(=O)Nc1cc(Cl)c(Cl)cc1Cl. The van der Waals surface area contributed by atoms with Gasteiger partial charge < -0.3 is 14.7 Å². The van der Waals surface area contributed by atoms with Gasteiger partial charge in [0.05, 0.1) is 31.6 Å². The number of aromatic amines is 1. The average Bonchev–Trinajstić information content (AvgIpc) is 3.32. The first-order valence-corrected chi connectivity index (χ1v) is 10.5. The molecule has 29 heavy (non-hydrogen) atoms. The van der Waals surface area contributed by atoms with Crippen LogP contribution in [0.2, 0.25) is 15.1 Å². The Morgan fingerprint density at radius 3 is 2.72 bits per heavy atom. The molecule has 0 saturated heterocycles. The maximum Gasteiger partial charge on any atom is 0.277 e. The van der Waals surface area contributed by atoms with Crippen molar-refractivity contribution in [3.8, 4) is 11.5 Å². The van der Waals surface area contributed by atoms with E-state index in [0.717, 1.165) is 28.2 Å². The summed E-state index contributed by atoms with van der Waals surface area (Å²) in [7, 11) is 0. The predicted molar refractivity (Wildman–Crippen MR) is 117 cm³/mol. The third-order valence-electron chi connectivity index (χ3n) is 4.14. The number of hydrogen-bond acceptors (Lipinski definition) is 5. The number of rotatable bonds is 5. The van der Waals surface area contributed by atoms with E-state index in [0.29, 0.717) is 26.6 Å². The lowest BCUT2D eigenvalue weighted by Crippen LogP contribution is -2.22. The summed E-state index contributed by atoms with van der Waals surface area (Å²) in [6.07, 6.45) is 1.81. The number of para-hydroxylation sites is 1. The summed E-state index contributed by atoms with van der Waals surface area (Å²) < 4.78 is 5.74. The highest BCUT2D eigenvalue weighted by Gasteiger charge is 2.21. The normalized spacial score (nSPS) is 12.3. The van der Waals surface area contributed by atoms with Crippen molar-refractivity contribution in [1.29, 1.82) is 0 Å². The number of carbonyl (C=O) groups is 1. The van der Waals surface area contributed by atoms with Crippen LogP contribution in [0.3, 0.4) is 0 Å². The smallest absolute Gasteiger partial charge is 0.277 e. The molecule has 0 bridgehead atoms. The van der Waals surface area contributed by atoms with Crippen molar-refractivity contribution in [3.63, 3.8) is 0 Å².